The average Bonchev–Trinajstić information content (AvgIpc) is 2.65. The third kappa shape index (κ3) is 2.97. The van der Waals surface area contributed by atoms with Gasteiger partial charge in [0.2, 0.25) is 0 Å². The molecule has 1 fully saturated rings. The molecule has 1 N–H and O–H groups in total. The van der Waals surface area contributed by atoms with E-state index in [1.165, 1.54) is 11.3 Å². The number of piperazine rings is 1. The van der Waals surface area contributed by atoms with E-state index in [4.69, 9.17) is 0 Å². The van der Waals surface area contributed by atoms with E-state index in [0.29, 0.717) is 0 Å². The molecular formula is C10H14BrClN2OS. The highest BCUT2D eigenvalue weighted by Crippen LogP contribution is 2.24. The minimum Gasteiger partial charge on any atom is -0.333 e. The Morgan fingerprint density at radius 3 is 2.94 bits per heavy atom. The molecule has 1 atom stereocenters. The molecule has 1 amide bonds. The third-order valence-corrected chi connectivity index (χ3v) is 4.16. The number of hydrogen-bond donors (Lipinski definition) is 1. The molecule has 90 valence electrons. The van der Waals surface area contributed by atoms with Crippen LogP contribution in [0.3, 0.4) is 0 Å². The predicted molar refractivity (Wildman–Crippen MR) is 72.6 cm³/mol. The van der Waals surface area contributed by atoms with Gasteiger partial charge in [-0.3, -0.25) is 4.79 Å². The Kier molecular flexibility index (Phi) is 5.24. The highest BCUT2D eigenvalue weighted by Gasteiger charge is 2.24. The molecule has 1 aromatic heterocycles. The first-order valence-electron chi connectivity index (χ1n) is 4.95. The van der Waals surface area contributed by atoms with Crippen LogP contribution in [0.25, 0.3) is 0 Å². The van der Waals surface area contributed by atoms with Crippen molar-refractivity contribution in [3.63, 3.8) is 0 Å². The Hall–Kier alpha value is -0.100. The minimum atomic E-state index is 0. The summed E-state index contributed by atoms with van der Waals surface area (Å²) >= 11 is 4.87. The van der Waals surface area contributed by atoms with Gasteiger partial charge < -0.3 is 10.2 Å². The zero-order valence-corrected chi connectivity index (χ0v) is 12.1. The maximum absolute atomic E-state index is 12.1. The van der Waals surface area contributed by atoms with Crippen LogP contribution >= 0.6 is 39.7 Å². The molecule has 2 rings (SSSR count). The minimum absolute atomic E-state index is 0. The molecule has 6 heteroatoms. The second-order valence-electron chi connectivity index (χ2n) is 3.66. The number of rotatable bonds is 1. The van der Waals surface area contributed by atoms with Gasteiger partial charge in [0, 0.05) is 25.7 Å². The lowest BCUT2D eigenvalue weighted by Gasteiger charge is -2.33. The maximum Gasteiger partial charge on any atom is 0.264 e. The molecule has 0 spiro atoms. The summed E-state index contributed by atoms with van der Waals surface area (Å²) < 4.78 is 1.01. The van der Waals surface area contributed by atoms with Crippen molar-refractivity contribution >= 4 is 45.6 Å². The largest absolute Gasteiger partial charge is 0.333 e. The summed E-state index contributed by atoms with van der Waals surface area (Å²) in [5.74, 6) is 0.153. The van der Waals surface area contributed by atoms with Crippen LogP contribution in [0.4, 0.5) is 0 Å². The Morgan fingerprint density at radius 1 is 1.62 bits per heavy atom. The lowest BCUT2D eigenvalue weighted by molar-refractivity contribution is 0.0661. The molecule has 0 aromatic carbocycles. The summed E-state index contributed by atoms with van der Waals surface area (Å²) in [7, 11) is 0. The van der Waals surface area contributed by atoms with Crippen LogP contribution in [-0.2, 0) is 0 Å². The molecule has 1 aromatic rings. The van der Waals surface area contributed by atoms with Crippen LogP contribution < -0.4 is 5.32 Å². The highest BCUT2D eigenvalue weighted by atomic mass is 79.9. The van der Waals surface area contributed by atoms with Crippen molar-refractivity contribution in [1.82, 2.24) is 10.2 Å². The monoisotopic (exact) mass is 324 g/mol. The second kappa shape index (κ2) is 6.00. The van der Waals surface area contributed by atoms with Crippen molar-refractivity contribution in [2.24, 2.45) is 0 Å². The number of amides is 1. The molecule has 1 aliphatic rings. The molecule has 3 nitrogen and oxygen atoms in total. The van der Waals surface area contributed by atoms with Crippen molar-refractivity contribution in [3.8, 4) is 0 Å². The van der Waals surface area contributed by atoms with Crippen molar-refractivity contribution in [2.75, 3.05) is 19.6 Å². The number of hydrogen-bond acceptors (Lipinski definition) is 3. The van der Waals surface area contributed by atoms with Gasteiger partial charge in [0.25, 0.3) is 5.91 Å². The van der Waals surface area contributed by atoms with Crippen LogP contribution in [0.5, 0.6) is 0 Å². The molecule has 0 unspecified atom stereocenters. The fraction of sp³-hybridized carbons (Fsp3) is 0.500. The molecule has 1 saturated heterocycles. The van der Waals surface area contributed by atoms with Gasteiger partial charge in [0.05, 0.1) is 8.66 Å². The molecular weight excluding hydrogens is 312 g/mol. The van der Waals surface area contributed by atoms with E-state index in [1.807, 2.05) is 17.0 Å². The smallest absolute Gasteiger partial charge is 0.264 e. The molecule has 0 radical (unpaired) electrons. The molecule has 0 aliphatic carbocycles. The van der Waals surface area contributed by atoms with Gasteiger partial charge in [0.1, 0.15) is 0 Å². The van der Waals surface area contributed by atoms with Gasteiger partial charge in [-0.25, -0.2) is 0 Å². The van der Waals surface area contributed by atoms with Crippen molar-refractivity contribution < 1.29 is 4.79 Å². The maximum atomic E-state index is 12.1. The normalized spacial score (nSPS) is 20.4. The van der Waals surface area contributed by atoms with Gasteiger partial charge >= 0.3 is 0 Å². The quantitative estimate of drug-likeness (QED) is 0.860. The highest BCUT2D eigenvalue weighted by molar-refractivity contribution is 9.11. The van der Waals surface area contributed by atoms with Crippen molar-refractivity contribution in [1.29, 1.82) is 0 Å². The van der Waals surface area contributed by atoms with Gasteiger partial charge in [-0.2, -0.15) is 0 Å². The standard InChI is InChI=1S/C10H13BrN2OS.ClH/c1-7-6-12-4-5-13(7)10(14)8-2-3-9(11)15-8;/h2-3,7,12H,4-6H2,1H3;1H/t7-;/m0./s1. The summed E-state index contributed by atoms with van der Waals surface area (Å²) in [6, 6.07) is 4.09. The summed E-state index contributed by atoms with van der Waals surface area (Å²) in [4.78, 5) is 14.9. The van der Waals surface area contributed by atoms with Crippen LogP contribution in [-0.4, -0.2) is 36.5 Å². The zero-order chi connectivity index (χ0) is 10.8. The second-order valence-corrected chi connectivity index (χ2v) is 6.12. The van der Waals surface area contributed by atoms with Crippen LogP contribution in [0.1, 0.15) is 16.6 Å². The zero-order valence-electron chi connectivity index (χ0n) is 8.90. The lowest BCUT2D eigenvalue weighted by Crippen LogP contribution is -2.52. The topological polar surface area (TPSA) is 32.3 Å². The molecule has 1 aliphatic heterocycles. The fourth-order valence-corrected chi connectivity index (χ4v) is 3.06. The Balaban J connectivity index is 0.00000128. The molecule has 2 heterocycles. The third-order valence-electron chi connectivity index (χ3n) is 2.55. The van der Waals surface area contributed by atoms with Crippen molar-refractivity contribution in [2.45, 2.75) is 13.0 Å². The van der Waals surface area contributed by atoms with E-state index in [2.05, 4.69) is 28.2 Å². The fourth-order valence-electron chi connectivity index (χ4n) is 1.71. The van der Waals surface area contributed by atoms with Crippen LogP contribution in [0, 0.1) is 0 Å². The lowest BCUT2D eigenvalue weighted by atomic mass is 10.2. The van der Waals surface area contributed by atoms with E-state index in [9.17, 15) is 4.79 Å². The number of carbonyl (C=O) groups is 1. The number of carbonyl (C=O) groups excluding carboxylic acids is 1. The van der Waals surface area contributed by atoms with E-state index >= 15 is 0 Å². The van der Waals surface area contributed by atoms with Gasteiger partial charge in [-0.1, -0.05) is 0 Å². The Bertz CT molecular complexity index is 371. The average molecular weight is 326 g/mol. The molecule has 16 heavy (non-hydrogen) atoms. The Morgan fingerprint density at radius 2 is 2.38 bits per heavy atom. The number of halogens is 2. The van der Waals surface area contributed by atoms with Crippen molar-refractivity contribution in [3.05, 3.63) is 20.8 Å². The van der Waals surface area contributed by atoms with Gasteiger partial charge in [0.15, 0.2) is 0 Å². The summed E-state index contributed by atoms with van der Waals surface area (Å²) in [6.07, 6.45) is 0. The summed E-state index contributed by atoms with van der Waals surface area (Å²) in [5.41, 5.74) is 0. The van der Waals surface area contributed by atoms with E-state index in [0.717, 1.165) is 28.3 Å². The summed E-state index contributed by atoms with van der Waals surface area (Å²) in [6.45, 7) is 4.66. The molecule has 0 bridgehead atoms. The van der Waals surface area contributed by atoms with Crippen LogP contribution in [0.15, 0.2) is 15.9 Å². The first kappa shape index (κ1) is 14.0. The Labute approximate surface area is 114 Å². The van der Waals surface area contributed by atoms with Gasteiger partial charge in [-0.05, 0) is 35.0 Å². The van der Waals surface area contributed by atoms with Gasteiger partial charge in [-0.15, -0.1) is 23.7 Å². The van der Waals surface area contributed by atoms with E-state index in [1.54, 1.807) is 0 Å². The summed E-state index contributed by atoms with van der Waals surface area (Å²) in [5, 5.41) is 3.28. The van der Waals surface area contributed by atoms with Crippen LogP contribution in [0.2, 0.25) is 0 Å². The predicted octanol–water partition coefficient (Wildman–Crippen LogP) is 2.37. The van der Waals surface area contributed by atoms with E-state index < -0.39 is 0 Å². The first-order chi connectivity index (χ1) is 7.18. The number of thiophene rings is 1. The number of nitrogens with one attached hydrogen (secondary N) is 1. The first-order valence-corrected chi connectivity index (χ1v) is 6.56. The SMILES string of the molecule is C[C@H]1CNCCN1C(=O)c1ccc(Br)s1.Cl. The van der Waals surface area contributed by atoms with E-state index in [-0.39, 0.29) is 24.4 Å². The molecule has 0 saturated carbocycles. The number of nitrogens with zero attached hydrogens (tertiary/aromatic N) is 1.